The molecule has 0 atom stereocenters. The summed E-state index contributed by atoms with van der Waals surface area (Å²) < 4.78 is 39.3. The van der Waals surface area contributed by atoms with E-state index >= 15 is 0 Å². The lowest BCUT2D eigenvalue weighted by Gasteiger charge is -2.21. The van der Waals surface area contributed by atoms with E-state index in [1.165, 1.54) is 12.3 Å². The molecule has 2 aromatic rings. The van der Waals surface area contributed by atoms with Crippen LogP contribution < -0.4 is 10.2 Å². The van der Waals surface area contributed by atoms with Crippen molar-refractivity contribution in [1.29, 1.82) is 0 Å². The van der Waals surface area contributed by atoms with Crippen molar-refractivity contribution in [2.24, 2.45) is 0 Å². The highest BCUT2D eigenvalue weighted by Crippen LogP contribution is 2.36. The van der Waals surface area contributed by atoms with Gasteiger partial charge >= 0.3 is 6.18 Å². The van der Waals surface area contributed by atoms with Gasteiger partial charge in [-0.1, -0.05) is 11.6 Å². The number of rotatable bonds is 5. The Hall–Kier alpha value is -2.28. The number of carbonyl (C=O) groups is 1. The second-order valence-electron chi connectivity index (χ2n) is 5.21. The van der Waals surface area contributed by atoms with Crippen LogP contribution in [0.2, 0.25) is 5.02 Å². The van der Waals surface area contributed by atoms with Gasteiger partial charge in [-0.15, -0.1) is 0 Å². The van der Waals surface area contributed by atoms with Crippen molar-refractivity contribution < 1.29 is 18.0 Å². The maximum atomic E-state index is 13.1. The Bertz CT molecular complexity index is 761. The Kier molecular flexibility index (Phi) is 5.89. The van der Waals surface area contributed by atoms with Gasteiger partial charge in [-0.05, 0) is 44.2 Å². The van der Waals surface area contributed by atoms with Crippen LogP contribution in [0.5, 0.6) is 0 Å². The number of hydrogen-bond acceptors (Lipinski definition) is 3. The zero-order chi connectivity index (χ0) is 18.6. The summed E-state index contributed by atoms with van der Waals surface area (Å²) in [5, 5.41) is 2.20. The van der Waals surface area contributed by atoms with Gasteiger partial charge in [0.2, 0.25) is 0 Å². The van der Waals surface area contributed by atoms with Crippen LogP contribution in [0, 0.1) is 0 Å². The highest BCUT2D eigenvalue weighted by atomic mass is 35.5. The van der Waals surface area contributed by atoms with Crippen LogP contribution in [0.15, 0.2) is 36.5 Å². The Balaban J connectivity index is 2.31. The van der Waals surface area contributed by atoms with Crippen LogP contribution in [-0.4, -0.2) is 24.0 Å². The molecule has 0 spiro atoms. The summed E-state index contributed by atoms with van der Waals surface area (Å²) in [5.41, 5.74) is -0.560. The molecule has 8 heteroatoms. The lowest BCUT2D eigenvalue weighted by atomic mass is 10.1. The van der Waals surface area contributed by atoms with E-state index < -0.39 is 17.6 Å². The third kappa shape index (κ3) is 4.63. The monoisotopic (exact) mass is 371 g/mol. The molecule has 25 heavy (non-hydrogen) atoms. The zero-order valence-electron chi connectivity index (χ0n) is 13.7. The number of nitrogens with zero attached hydrogens (tertiary/aromatic N) is 2. The SMILES string of the molecule is CCN(CC)c1ccnc(C(=O)Nc2ccc(Cl)cc2C(F)(F)F)c1. The molecule has 0 saturated heterocycles. The van der Waals surface area contributed by atoms with Gasteiger partial charge in [0.05, 0.1) is 11.3 Å². The molecule has 1 amide bonds. The number of nitrogens with one attached hydrogen (secondary N) is 1. The summed E-state index contributed by atoms with van der Waals surface area (Å²) in [6.45, 7) is 5.40. The number of halogens is 4. The molecule has 0 aliphatic rings. The molecule has 0 radical (unpaired) electrons. The largest absolute Gasteiger partial charge is 0.418 e. The zero-order valence-corrected chi connectivity index (χ0v) is 14.4. The van der Waals surface area contributed by atoms with E-state index in [1.807, 2.05) is 18.7 Å². The number of benzene rings is 1. The second kappa shape index (κ2) is 7.74. The van der Waals surface area contributed by atoms with Crippen LogP contribution >= 0.6 is 11.6 Å². The van der Waals surface area contributed by atoms with Crippen LogP contribution in [0.3, 0.4) is 0 Å². The molecule has 1 aromatic carbocycles. The van der Waals surface area contributed by atoms with E-state index in [2.05, 4.69) is 10.3 Å². The molecule has 0 fully saturated rings. The highest BCUT2D eigenvalue weighted by Gasteiger charge is 2.34. The number of anilines is 2. The molecular formula is C17H17ClF3N3O. The number of amides is 1. The van der Waals surface area contributed by atoms with Crippen molar-refractivity contribution in [3.05, 3.63) is 52.8 Å². The van der Waals surface area contributed by atoms with Gasteiger partial charge in [-0.3, -0.25) is 9.78 Å². The quantitative estimate of drug-likeness (QED) is 0.817. The van der Waals surface area contributed by atoms with E-state index in [1.54, 1.807) is 12.1 Å². The fourth-order valence-corrected chi connectivity index (χ4v) is 2.55. The molecule has 134 valence electrons. The van der Waals surface area contributed by atoms with E-state index in [-0.39, 0.29) is 16.4 Å². The summed E-state index contributed by atoms with van der Waals surface area (Å²) in [4.78, 5) is 18.3. The predicted octanol–water partition coefficient (Wildman–Crippen LogP) is 4.85. The number of carbonyl (C=O) groups excluding carboxylic acids is 1. The maximum Gasteiger partial charge on any atom is 0.418 e. The topological polar surface area (TPSA) is 45.2 Å². The Morgan fingerprint density at radius 3 is 2.48 bits per heavy atom. The van der Waals surface area contributed by atoms with E-state index in [0.29, 0.717) is 0 Å². The van der Waals surface area contributed by atoms with Crippen molar-refractivity contribution in [3.63, 3.8) is 0 Å². The first-order valence-electron chi connectivity index (χ1n) is 7.65. The minimum absolute atomic E-state index is 0.0347. The van der Waals surface area contributed by atoms with Crippen LogP contribution in [-0.2, 0) is 6.18 Å². The number of hydrogen-bond donors (Lipinski definition) is 1. The van der Waals surface area contributed by atoms with Gasteiger partial charge in [0, 0.05) is 30.0 Å². The summed E-state index contributed by atoms with van der Waals surface area (Å²) in [6, 6.07) is 6.47. The van der Waals surface area contributed by atoms with Crippen LogP contribution in [0.4, 0.5) is 24.5 Å². The van der Waals surface area contributed by atoms with E-state index in [4.69, 9.17) is 11.6 Å². The molecule has 0 bridgehead atoms. The van der Waals surface area contributed by atoms with Gasteiger partial charge in [0.1, 0.15) is 5.69 Å². The number of aromatic nitrogens is 1. The molecule has 2 rings (SSSR count). The van der Waals surface area contributed by atoms with Gasteiger partial charge < -0.3 is 10.2 Å². The van der Waals surface area contributed by atoms with Crippen LogP contribution in [0.25, 0.3) is 0 Å². The molecule has 0 unspecified atom stereocenters. The average Bonchev–Trinajstić information content (AvgIpc) is 2.57. The molecule has 0 saturated carbocycles. The molecule has 1 N–H and O–H groups in total. The highest BCUT2D eigenvalue weighted by molar-refractivity contribution is 6.30. The molecule has 4 nitrogen and oxygen atoms in total. The van der Waals surface area contributed by atoms with Crippen LogP contribution in [0.1, 0.15) is 29.9 Å². The Labute approximate surface area is 148 Å². The maximum absolute atomic E-state index is 13.1. The van der Waals surface area contributed by atoms with Gasteiger partial charge in [0.15, 0.2) is 0 Å². The first kappa shape index (κ1) is 19.1. The van der Waals surface area contributed by atoms with E-state index in [9.17, 15) is 18.0 Å². The summed E-state index contributed by atoms with van der Waals surface area (Å²) >= 11 is 5.63. The molecule has 0 aliphatic heterocycles. The third-order valence-corrected chi connectivity index (χ3v) is 3.88. The normalized spacial score (nSPS) is 11.3. The molecule has 0 aliphatic carbocycles. The smallest absolute Gasteiger partial charge is 0.372 e. The Morgan fingerprint density at radius 1 is 1.20 bits per heavy atom. The standard InChI is InChI=1S/C17H17ClF3N3O/c1-3-24(4-2)12-7-8-22-15(10-12)16(25)23-14-6-5-11(18)9-13(14)17(19,20)21/h5-10H,3-4H2,1-2H3,(H,23,25). The number of pyridine rings is 1. The summed E-state index contributed by atoms with van der Waals surface area (Å²) in [5.74, 6) is -0.721. The van der Waals surface area contributed by atoms with Gasteiger partial charge in [-0.25, -0.2) is 0 Å². The first-order chi connectivity index (χ1) is 11.8. The van der Waals surface area contributed by atoms with Crippen molar-refractivity contribution in [3.8, 4) is 0 Å². The van der Waals surface area contributed by atoms with Crippen molar-refractivity contribution in [2.75, 3.05) is 23.3 Å². The fourth-order valence-electron chi connectivity index (χ4n) is 2.38. The predicted molar refractivity (Wildman–Crippen MR) is 92.2 cm³/mol. The Morgan fingerprint density at radius 2 is 1.88 bits per heavy atom. The summed E-state index contributed by atoms with van der Waals surface area (Å²) in [7, 11) is 0. The minimum Gasteiger partial charge on any atom is -0.372 e. The lowest BCUT2D eigenvalue weighted by molar-refractivity contribution is -0.136. The second-order valence-corrected chi connectivity index (χ2v) is 5.65. The average molecular weight is 372 g/mol. The van der Waals surface area contributed by atoms with E-state index in [0.717, 1.165) is 30.9 Å². The van der Waals surface area contributed by atoms with Crippen molar-refractivity contribution >= 4 is 28.9 Å². The first-order valence-corrected chi connectivity index (χ1v) is 8.03. The number of alkyl halides is 3. The third-order valence-electron chi connectivity index (χ3n) is 3.64. The lowest BCUT2D eigenvalue weighted by Crippen LogP contribution is -2.23. The van der Waals surface area contributed by atoms with Gasteiger partial charge in [0.25, 0.3) is 5.91 Å². The molecule has 1 heterocycles. The van der Waals surface area contributed by atoms with Gasteiger partial charge in [-0.2, -0.15) is 13.2 Å². The van der Waals surface area contributed by atoms with Crippen molar-refractivity contribution in [2.45, 2.75) is 20.0 Å². The molecular weight excluding hydrogens is 355 g/mol. The molecule has 1 aromatic heterocycles. The summed E-state index contributed by atoms with van der Waals surface area (Å²) in [6.07, 6.45) is -3.18. The fraction of sp³-hybridized carbons (Fsp3) is 0.294. The van der Waals surface area contributed by atoms with Crippen molar-refractivity contribution in [1.82, 2.24) is 4.98 Å². The minimum atomic E-state index is -4.63.